The first-order valence-electron chi connectivity index (χ1n) is 9.24. The van der Waals surface area contributed by atoms with Crippen molar-refractivity contribution in [1.82, 2.24) is 0 Å². The Morgan fingerprint density at radius 2 is 1.89 bits per heavy atom. The van der Waals surface area contributed by atoms with Crippen LogP contribution in [0.15, 0.2) is 42.5 Å². The van der Waals surface area contributed by atoms with Crippen molar-refractivity contribution in [2.75, 3.05) is 20.8 Å². The molecule has 5 nitrogen and oxygen atoms in total. The summed E-state index contributed by atoms with van der Waals surface area (Å²) in [6.07, 6.45) is 0.495. The summed E-state index contributed by atoms with van der Waals surface area (Å²) < 4.78 is 17.0. The van der Waals surface area contributed by atoms with Crippen molar-refractivity contribution in [2.24, 2.45) is 0 Å². The molecule has 146 valence electrons. The Balaban J connectivity index is 1.90. The van der Waals surface area contributed by atoms with Crippen molar-refractivity contribution in [3.8, 4) is 5.75 Å². The molecule has 3 unspecified atom stereocenters. The number of ether oxygens (including phenoxy) is 3. The Labute approximate surface area is 160 Å². The van der Waals surface area contributed by atoms with E-state index in [1.54, 1.807) is 14.2 Å². The molecule has 0 amide bonds. The van der Waals surface area contributed by atoms with Gasteiger partial charge in [0.05, 0.1) is 25.9 Å². The third kappa shape index (κ3) is 4.33. The van der Waals surface area contributed by atoms with Gasteiger partial charge >= 0.3 is 0 Å². The van der Waals surface area contributed by atoms with E-state index in [1.807, 2.05) is 24.3 Å². The van der Waals surface area contributed by atoms with Crippen molar-refractivity contribution >= 4 is 0 Å². The molecule has 5 heteroatoms. The summed E-state index contributed by atoms with van der Waals surface area (Å²) >= 11 is 0. The predicted octanol–water partition coefficient (Wildman–Crippen LogP) is 2.93. The first-order chi connectivity index (χ1) is 13.0. The minimum absolute atomic E-state index is 0.146. The number of hydrogen-bond donors (Lipinski definition) is 2. The first kappa shape index (κ1) is 19.8. The van der Waals surface area contributed by atoms with Gasteiger partial charge in [0.25, 0.3) is 0 Å². The zero-order valence-electron chi connectivity index (χ0n) is 16.1. The molecule has 1 fully saturated rings. The fraction of sp³-hybridized carbons (Fsp3) is 0.455. The van der Waals surface area contributed by atoms with Crippen LogP contribution in [-0.2, 0) is 21.7 Å². The highest BCUT2D eigenvalue weighted by molar-refractivity contribution is 5.38. The van der Waals surface area contributed by atoms with E-state index in [0.717, 1.165) is 17.7 Å². The summed E-state index contributed by atoms with van der Waals surface area (Å²) in [5.74, 6) is -0.213. The number of hydrogen-bond acceptors (Lipinski definition) is 5. The maximum absolute atomic E-state index is 10.3. The fourth-order valence-corrected chi connectivity index (χ4v) is 3.67. The first-order valence-corrected chi connectivity index (χ1v) is 9.24. The maximum Gasteiger partial charge on any atom is 0.197 e. The van der Waals surface area contributed by atoms with E-state index < -0.39 is 18.0 Å². The molecule has 1 saturated heterocycles. The van der Waals surface area contributed by atoms with Crippen LogP contribution in [0.4, 0.5) is 0 Å². The van der Waals surface area contributed by atoms with Gasteiger partial charge in [0.1, 0.15) is 5.75 Å². The molecule has 27 heavy (non-hydrogen) atoms. The summed E-state index contributed by atoms with van der Waals surface area (Å²) in [5, 5.41) is 19.8. The van der Waals surface area contributed by atoms with E-state index in [1.165, 1.54) is 16.7 Å². The molecule has 2 aromatic carbocycles. The van der Waals surface area contributed by atoms with E-state index in [0.29, 0.717) is 12.8 Å². The zero-order valence-corrected chi connectivity index (χ0v) is 16.1. The largest absolute Gasteiger partial charge is 0.497 e. The van der Waals surface area contributed by atoms with Gasteiger partial charge in [0, 0.05) is 25.5 Å². The Hall–Kier alpha value is -1.92. The summed E-state index contributed by atoms with van der Waals surface area (Å²) in [6, 6.07) is 14.1. The van der Waals surface area contributed by atoms with Crippen molar-refractivity contribution in [3.63, 3.8) is 0 Å². The number of aliphatic hydroxyl groups is 2. The minimum Gasteiger partial charge on any atom is -0.497 e. The highest BCUT2D eigenvalue weighted by atomic mass is 16.7. The fourth-order valence-electron chi connectivity index (χ4n) is 3.67. The van der Waals surface area contributed by atoms with Crippen LogP contribution >= 0.6 is 0 Å². The second-order valence-electron chi connectivity index (χ2n) is 7.14. The standard InChI is InChI=1S/C22H28O5/c1-15-4-7-18(22(26-3)13-19(24)12-21(14-23)27-22)11-17(15)10-16-5-8-20(25-2)9-6-16/h4-9,11,19,21,23-24H,10,12-14H2,1-3H3. The third-order valence-corrected chi connectivity index (χ3v) is 5.27. The molecule has 0 radical (unpaired) electrons. The summed E-state index contributed by atoms with van der Waals surface area (Å²) in [7, 11) is 3.24. The van der Waals surface area contributed by atoms with Crippen LogP contribution in [0.3, 0.4) is 0 Å². The molecule has 0 saturated carbocycles. The zero-order chi connectivity index (χ0) is 19.4. The molecule has 2 N–H and O–H groups in total. The maximum atomic E-state index is 10.3. The van der Waals surface area contributed by atoms with Crippen LogP contribution in [0.5, 0.6) is 5.75 Å². The lowest BCUT2D eigenvalue weighted by Gasteiger charge is -2.42. The Morgan fingerprint density at radius 1 is 1.15 bits per heavy atom. The third-order valence-electron chi connectivity index (χ3n) is 5.27. The normalized spacial score (nSPS) is 25.4. The van der Waals surface area contributed by atoms with E-state index in [2.05, 4.69) is 25.1 Å². The van der Waals surface area contributed by atoms with Gasteiger partial charge in [0.15, 0.2) is 5.79 Å². The summed E-state index contributed by atoms with van der Waals surface area (Å²) in [5.41, 5.74) is 4.38. The number of benzene rings is 2. The lowest BCUT2D eigenvalue weighted by Crippen LogP contribution is -2.46. The van der Waals surface area contributed by atoms with Crippen LogP contribution in [0.2, 0.25) is 0 Å². The van der Waals surface area contributed by atoms with E-state index in [4.69, 9.17) is 14.2 Å². The molecule has 3 rings (SSSR count). The Morgan fingerprint density at radius 3 is 2.52 bits per heavy atom. The molecular weight excluding hydrogens is 344 g/mol. The van der Waals surface area contributed by atoms with Crippen molar-refractivity contribution < 1.29 is 24.4 Å². The highest BCUT2D eigenvalue weighted by Gasteiger charge is 2.43. The second kappa shape index (κ2) is 8.40. The van der Waals surface area contributed by atoms with Crippen LogP contribution < -0.4 is 4.74 Å². The predicted molar refractivity (Wildman–Crippen MR) is 103 cm³/mol. The van der Waals surface area contributed by atoms with Crippen LogP contribution in [-0.4, -0.2) is 43.2 Å². The van der Waals surface area contributed by atoms with Crippen molar-refractivity contribution in [3.05, 3.63) is 64.7 Å². The molecular formula is C22H28O5. The monoisotopic (exact) mass is 372 g/mol. The molecule has 0 spiro atoms. The molecule has 3 atom stereocenters. The van der Waals surface area contributed by atoms with Gasteiger partial charge in [-0.25, -0.2) is 0 Å². The van der Waals surface area contributed by atoms with E-state index in [-0.39, 0.29) is 6.61 Å². The van der Waals surface area contributed by atoms with E-state index >= 15 is 0 Å². The van der Waals surface area contributed by atoms with E-state index in [9.17, 15) is 10.2 Å². The van der Waals surface area contributed by atoms with Gasteiger partial charge in [-0.3, -0.25) is 0 Å². The van der Waals surface area contributed by atoms with Crippen LogP contribution in [0.1, 0.15) is 35.1 Å². The highest BCUT2D eigenvalue weighted by Crippen LogP contribution is 2.39. The molecule has 0 bridgehead atoms. The molecule has 0 aromatic heterocycles. The van der Waals surface area contributed by atoms with Gasteiger partial charge in [-0.2, -0.15) is 0 Å². The van der Waals surface area contributed by atoms with Crippen LogP contribution in [0.25, 0.3) is 0 Å². The Bertz CT molecular complexity index is 758. The summed E-state index contributed by atoms with van der Waals surface area (Å²) in [6.45, 7) is 1.93. The van der Waals surface area contributed by atoms with Gasteiger partial charge in [0.2, 0.25) is 0 Å². The number of aryl methyl sites for hydroxylation is 1. The smallest absolute Gasteiger partial charge is 0.197 e. The Kier molecular flexibility index (Phi) is 6.17. The average Bonchev–Trinajstić information content (AvgIpc) is 2.69. The van der Waals surface area contributed by atoms with Gasteiger partial charge < -0.3 is 24.4 Å². The molecule has 1 aliphatic heterocycles. The average molecular weight is 372 g/mol. The van der Waals surface area contributed by atoms with Crippen LogP contribution in [0, 0.1) is 6.92 Å². The lowest BCUT2D eigenvalue weighted by atomic mass is 9.89. The molecule has 0 aliphatic carbocycles. The van der Waals surface area contributed by atoms with Gasteiger partial charge in [-0.15, -0.1) is 0 Å². The van der Waals surface area contributed by atoms with Crippen molar-refractivity contribution in [2.45, 2.75) is 44.2 Å². The SMILES string of the molecule is COc1ccc(Cc2cc(C3(OC)CC(O)CC(CO)O3)ccc2C)cc1. The quantitative estimate of drug-likeness (QED) is 0.816. The van der Waals surface area contributed by atoms with Crippen molar-refractivity contribution in [1.29, 1.82) is 0 Å². The van der Waals surface area contributed by atoms with Gasteiger partial charge in [-0.1, -0.05) is 24.3 Å². The second-order valence-corrected chi connectivity index (χ2v) is 7.14. The molecule has 1 aliphatic rings. The number of aliphatic hydroxyl groups excluding tert-OH is 2. The lowest BCUT2D eigenvalue weighted by molar-refractivity contribution is -0.298. The summed E-state index contributed by atoms with van der Waals surface area (Å²) in [4.78, 5) is 0. The number of rotatable bonds is 6. The number of methoxy groups -OCH3 is 2. The molecule has 1 heterocycles. The topological polar surface area (TPSA) is 68.2 Å². The van der Waals surface area contributed by atoms with Gasteiger partial charge in [-0.05, 0) is 48.2 Å². The minimum atomic E-state index is -1.05. The molecule has 2 aromatic rings.